The lowest BCUT2D eigenvalue weighted by molar-refractivity contribution is 0.277. The minimum Gasteiger partial charge on any atom is -0.491 e. The lowest BCUT2D eigenvalue weighted by Crippen LogP contribution is -2.19. The van der Waals surface area contributed by atoms with E-state index in [1.165, 1.54) is 19.3 Å². The van der Waals surface area contributed by atoms with Gasteiger partial charge in [-0.2, -0.15) is 0 Å². The number of alkyl halides is 1. The number of halogens is 1. The van der Waals surface area contributed by atoms with E-state index in [9.17, 15) is 0 Å². The molecule has 108 valence electrons. The molecule has 0 unspecified atom stereocenters. The van der Waals surface area contributed by atoms with Crippen molar-refractivity contribution in [3.05, 3.63) is 24.0 Å². The van der Waals surface area contributed by atoms with Crippen LogP contribution in [0.5, 0.6) is 5.75 Å². The smallest absolute Gasteiger partial charge is 0.147 e. The number of ether oxygens (including phenoxy) is 1. The number of rotatable bonds is 6. The molecule has 1 fully saturated rings. The highest BCUT2D eigenvalue weighted by Crippen LogP contribution is 2.32. The molecule has 2 aromatic rings. The van der Waals surface area contributed by atoms with Crippen molar-refractivity contribution in [3.8, 4) is 5.75 Å². The van der Waals surface area contributed by atoms with Crippen molar-refractivity contribution in [2.45, 2.75) is 45.0 Å². The topological polar surface area (TPSA) is 27.1 Å². The number of para-hydroxylation sites is 1. The molecule has 3 nitrogen and oxygen atoms in total. The van der Waals surface area contributed by atoms with Gasteiger partial charge in [0.05, 0.1) is 18.0 Å². The van der Waals surface area contributed by atoms with Crippen molar-refractivity contribution in [1.82, 2.24) is 9.55 Å². The molecule has 1 heterocycles. The van der Waals surface area contributed by atoms with E-state index in [-0.39, 0.29) is 0 Å². The molecular weight excluding hydrogens is 272 g/mol. The maximum absolute atomic E-state index is 6.08. The first-order valence-corrected chi connectivity index (χ1v) is 8.03. The zero-order valence-corrected chi connectivity index (χ0v) is 12.7. The summed E-state index contributed by atoms with van der Waals surface area (Å²) in [7, 11) is 0. The summed E-state index contributed by atoms with van der Waals surface area (Å²) in [6.07, 6.45) is 5.01. The van der Waals surface area contributed by atoms with Crippen molar-refractivity contribution < 1.29 is 4.74 Å². The van der Waals surface area contributed by atoms with E-state index < -0.39 is 0 Å². The zero-order valence-electron chi connectivity index (χ0n) is 11.9. The van der Waals surface area contributed by atoms with Crippen LogP contribution in [-0.4, -0.2) is 16.2 Å². The lowest BCUT2D eigenvalue weighted by Gasteiger charge is -2.26. The third kappa shape index (κ3) is 2.51. The SMILES string of the molecule is CCCOc1cccc2c1nc(CCl)n2CC1CCC1. The molecule has 0 spiro atoms. The number of fused-ring (bicyclic) bond motifs is 1. The minimum absolute atomic E-state index is 0.453. The van der Waals surface area contributed by atoms with E-state index in [0.29, 0.717) is 5.88 Å². The second-order valence-electron chi connectivity index (χ2n) is 5.54. The van der Waals surface area contributed by atoms with E-state index in [1.807, 2.05) is 12.1 Å². The van der Waals surface area contributed by atoms with Gasteiger partial charge in [-0.05, 0) is 37.3 Å². The number of nitrogens with zero attached hydrogens (tertiary/aromatic N) is 2. The van der Waals surface area contributed by atoms with E-state index in [0.717, 1.165) is 48.1 Å². The Morgan fingerprint density at radius 1 is 1.40 bits per heavy atom. The first-order chi connectivity index (χ1) is 9.83. The molecule has 1 aromatic heterocycles. The number of hydrogen-bond acceptors (Lipinski definition) is 2. The predicted molar refractivity (Wildman–Crippen MR) is 82.4 cm³/mol. The van der Waals surface area contributed by atoms with Crippen LogP contribution in [0.15, 0.2) is 18.2 Å². The van der Waals surface area contributed by atoms with Crippen LogP contribution >= 0.6 is 11.6 Å². The molecule has 0 atom stereocenters. The van der Waals surface area contributed by atoms with Crippen molar-refractivity contribution in [1.29, 1.82) is 0 Å². The van der Waals surface area contributed by atoms with Gasteiger partial charge in [-0.15, -0.1) is 11.6 Å². The van der Waals surface area contributed by atoms with Gasteiger partial charge < -0.3 is 9.30 Å². The largest absolute Gasteiger partial charge is 0.491 e. The van der Waals surface area contributed by atoms with Gasteiger partial charge in [0, 0.05) is 6.54 Å². The molecule has 0 aliphatic heterocycles. The highest BCUT2D eigenvalue weighted by atomic mass is 35.5. The molecule has 0 amide bonds. The van der Waals surface area contributed by atoms with Crippen molar-refractivity contribution in [2.75, 3.05) is 6.61 Å². The van der Waals surface area contributed by atoms with Crippen molar-refractivity contribution in [3.63, 3.8) is 0 Å². The Bertz CT molecular complexity index is 589. The van der Waals surface area contributed by atoms with Gasteiger partial charge in [-0.25, -0.2) is 4.98 Å². The lowest BCUT2D eigenvalue weighted by atomic mass is 9.85. The summed E-state index contributed by atoms with van der Waals surface area (Å²) in [6.45, 7) is 3.88. The maximum atomic E-state index is 6.08. The number of hydrogen-bond donors (Lipinski definition) is 0. The Hall–Kier alpha value is -1.22. The van der Waals surface area contributed by atoms with E-state index in [4.69, 9.17) is 21.3 Å². The molecule has 0 saturated heterocycles. The normalized spacial score (nSPS) is 15.5. The summed E-state index contributed by atoms with van der Waals surface area (Å²) in [5.74, 6) is 3.08. The number of benzene rings is 1. The summed E-state index contributed by atoms with van der Waals surface area (Å²) in [5, 5.41) is 0. The molecule has 1 aliphatic carbocycles. The second kappa shape index (κ2) is 6.04. The molecule has 0 N–H and O–H groups in total. The first kappa shape index (κ1) is 13.7. The Balaban J connectivity index is 1.99. The quantitative estimate of drug-likeness (QED) is 0.740. The fourth-order valence-electron chi connectivity index (χ4n) is 2.74. The molecule has 4 heteroatoms. The van der Waals surface area contributed by atoms with Crippen LogP contribution in [0, 0.1) is 5.92 Å². The van der Waals surface area contributed by atoms with Crippen molar-refractivity contribution >= 4 is 22.6 Å². The fraction of sp³-hybridized carbons (Fsp3) is 0.562. The molecule has 1 aliphatic rings. The van der Waals surface area contributed by atoms with Gasteiger partial charge in [0.15, 0.2) is 0 Å². The highest BCUT2D eigenvalue weighted by Gasteiger charge is 2.21. The van der Waals surface area contributed by atoms with Crippen molar-refractivity contribution in [2.24, 2.45) is 5.92 Å². The van der Waals surface area contributed by atoms with Gasteiger partial charge in [-0.1, -0.05) is 19.4 Å². The Morgan fingerprint density at radius 2 is 2.25 bits per heavy atom. The summed E-state index contributed by atoms with van der Waals surface area (Å²) >= 11 is 6.08. The highest BCUT2D eigenvalue weighted by molar-refractivity contribution is 6.16. The van der Waals surface area contributed by atoms with Gasteiger partial charge in [0.2, 0.25) is 0 Å². The monoisotopic (exact) mass is 292 g/mol. The maximum Gasteiger partial charge on any atom is 0.147 e. The van der Waals surface area contributed by atoms with Crippen LogP contribution < -0.4 is 4.74 Å². The third-order valence-electron chi connectivity index (χ3n) is 4.07. The summed E-state index contributed by atoms with van der Waals surface area (Å²) in [5.41, 5.74) is 2.11. The van der Waals surface area contributed by atoms with Gasteiger partial charge in [0.1, 0.15) is 17.1 Å². The fourth-order valence-corrected chi connectivity index (χ4v) is 2.94. The van der Waals surface area contributed by atoms with Gasteiger partial charge in [-0.3, -0.25) is 0 Å². The van der Waals surface area contributed by atoms with E-state index >= 15 is 0 Å². The Morgan fingerprint density at radius 3 is 2.90 bits per heavy atom. The van der Waals surface area contributed by atoms with Gasteiger partial charge in [0.25, 0.3) is 0 Å². The second-order valence-corrected chi connectivity index (χ2v) is 5.81. The zero-order chi connectivity index (χ0) is 13.9. The Kier molecular flexibility index (Phi) is 4.16. The number of imidazole rings is 1. The molecule has 0 radical (unpaired) electrons. The van der Waals surface area contributed by atoms with Crippen LogP contribution in [0.3, 0.4) is 0 Å². The molecule has 3 rings (SSSR count). The predicted octanol–water partition coefficient (Wildman–Crippen LogP) is 4.36. The first-order valence-electron chi connectivity index (χ1n) is 7.50. The van der Waals surface area contributed by atoms with Gasteiger partial charge >= 0.3 is 0 Å². The Labute approximate surface area is 124 Å². The molecule has 1 aromatic carbocycles. The van der Waals surface area contributed by atoms with Crippen LogP contribution in [0.2, 0.25) is 0 Å². The summed E-state index contributed by atoms with van der Waals surface area (Å²) in [6, 6.07) is 6.16. The number of aromatic nitrogens is 2. The van der Waals surface area contributed by atoms with Crippen LogP contribution in [0.1, 0.15) is 38.4 Å². The summed E-state index contributed by atoms with van der Waals surface area (Å²) < 4.78 is 8.09. The van der Waals surface area contributed by atoms with E-state index in [2.05, 4.69) is 17.6 Å². The molecule has 1 saturated carbocycles. The average Bonchev–Trinajstić information content (AvgIpc) is 2.79. The van der Waals surface area contributed by atoms with Crippen LogP contribution in [-0.2, 0) is 12.4 Å². The third-order valence-corrected chi connectivity index (χ3v) is 4.31. The van der Waals surface area contributed by atoms with Crippen LogP contribution in [0.25, 0.3) is 11.0 Å². The standard InChI is InChI=1S/C16H21ClN2O/c1-2-9-20-14-8-4-7-13-16(14)18-15(10-17)19(13)11-12-5-3-6-12/h4,7-8,12H,2-3,5-6,9-11H2,1H3. The molecule has 20 heavy (non-hydrogen) atoms. The average molecular weight is 293 g/mol. The molecule has 0 bridgehead atoms. The minimum atomic E-state index is 0.453. The van der Waals surface area contributed by atoms with Crippen LogP contribution in [0.4, 0.5) is 0 Å². The van der Waals surface area contributed by atoms with E-state index in [1.54, 1.807) is 0 Å². The summed E-state index contributed by atoms with van der Waals surface area (Å²) in [4.78, 5) is 4.70. The molecular formula is C16H21ClN2O.